The summed E-state index contributed by atoms with van der Waals surface area (Å²) in [5.41, 5.74) is 3.09. The van der Waals surface area contributed by atoms with Crippen LogP contribution in [0.4, 0.5) is 0 Å². The van der Waals surface area contributed by atoms with Crippen LogP contribution in [0.1, 0.15) is 18.1 Å². The van der Waals surface area contributed by atoms with Crippen LogP contribution in [0.15, 0.2) is 35.7 Å². The second-order valence-corrected chi connectivity index (χ2v) is 5.47. The molecule has 0 aromatic heterocycles. The molecule has 0 aliphatic carbocycles. The molecule has 1 N–H and O–H groups in total. The van der Waals surface area contributed by atoms with Crippen LogP contribution < -0.4 is 0 Å². The van der Waals surface area contributed by atoms with Crippen molar-refractivity contribution in [2.45, 2.75) is 19.3 Å². The number of rotatable bonds is 1. The Bertz CT molecular complexity index is 492. The predicted molar refractivity (Wildman–Crippen MR) is 70.6 cm³/mol. The molecule has 0 saturated carbocycles. The van der Waals surface area contributed by atoms with Gasteiger partial charge in [-0.2, -0.15) is 0 Å². The van der Waals surface area contributed by atoms with Gasteiger partial charge in [-0.3, -0.25) is 0 Å². The van der Waals surface area contributed by atoms with Gasteiger partial charge in [0.05, 0.1) is 24.3 Å². The number of ether oxygens (including phenoxy) is 1. The molecule has 96 valence electrons. The number of aryl methyl sites for hydroxylation is 1. The lowest BCUT2D eigenvalue weighted by molar-refractivity contribution is 0.0766. The number of benzene rings is 1. The fourth-order valence-corrected chi connectivity index (χ4v) is 2.89. The minimum absolute atomic E-state index is 0.295. The molecule has 1 aromatic rings. The molecule has 1 atom stereocenters. The third-order valence-corrected chi connectivity index (χ3v) is 4.12. The Morgan fingerprint density at radius 3 is 2.67 bits per heavy atom. The number of fused-ring (bicyclic) bond motifs is 1. The average Bonchev–Trinajstić information content (AvgIpc) is 2.64. The second kappa shape index (κ2) is 4.02. The maximum atomic E-state index is 10.5. The van der Waals surface area contributed by atoms with Crippen molar-refractivity contribution < 1.29 is 9.84 Å². The van der Waals surface area contributed by atoms with E-state index in [4.69, 9.17) is 4.74 Å². The zero-order valence-electron chi connectivity index (χ0n) is 10.9. The van der Waals surface area contributed by atoms with Crippen LogP contribution >= 0.6 is 0 Å². The number of aliphatic hydroxyl groups excluding tert-OH is 1. The van der Waals surface area contributed by atoms with Gasteiger partial charge < -0.3 is 14.7 Å². The number of nitrogens with zero attached hydrogens (tertiary/aromatic N) is 1. The van der Waals surface area contributed by atoms with Crippen molar-refractivity contribution in [3.05, 3.63) is 46.8 Å². The Morgan fingerprint density at radius 2 is 2.00 bits per heavy atom. The minimum atomic E-state index is -0.295. The van der Waals surface area contributed by atoms with Crippen LogP contribution in [-0.2, 0) is 10.2 Å². The summed E-state index contributed by atoms with van der Waals surface area (Å²) >= 11 is 0. The average molecular weight is 245 g/mol. The van der Waals surface area contributed by atoms with Gasteiger partial charge in [0.25, 0.3) is 0 Å². The Kier molecular flexibility index (Phi) is 2.59. The molecule has 0 bridgehead atoms. The van der Waals surface area contributed by atoms with Crippen molar-refractivity contribution in [2.24, 2.45) is 0 Å². The lowest BCUT2D eigenvalue weighted by Gasteiger charge is -2.29. The molecule has 1 saturated heterocycles. The van der Waals surface area contributed by atoms with Gasteiger partial charge in [0.2, 0.25) is 0 Å². The van der Waals surface area contributed by atoms with Crippen molar-refractivity contribution in [3.8, 4) is 0 Å². The quantitative estimate of drug-likeness (QED) is 0.824. The Labute approximate surface area is 108 Å². The third kappa shape index (κ3) is 1.62. The molecular weight excluding hydrogens is 226 g/mol. The maximum absolute atomic E-state index is 10.5. The normalized spacial score (nSPS) is 27.6. The van der Waals surface area contributed by atoms with Crippen molar-refractivity contribution in [3.63, 3.8) is 0 Å². The molecule has 0 spiro atoms. The molecule has 3 heteroatoms. The van der Waals surface area contributed by atoms with E-state index in [1.54, 1.807) is 0 Å². The lowest BCUT2D eigenvalue weighted by atomic mass is 9.81. The second-order valence-electron chi connectivity index (χ2n) is 5.47. The number of hydrogen-bond acceptors (Lipinski definition) is 3. The molecule has 2 aliphatic heterocycles. The van der Waals surface area contributed by atoms with Crippen LogP contribution in [-0.4, -0.2) is 36.3 Å². The van der Waals surface area contributed by atoms with Crippen molar-refractivity contribution in [1.82, 2.24) is 4.90 Å². The first-order valence-corrected chi connectivity index (χ1v) is 6.44. The van der Waals surface area contributed by atoms with Gasteiger partial charge in [0.1, 0.15) is 5.76 Å². The van der Waals surface area contributed by atoms with Crippen molar-refractivity contribution >= 4 is 0 Å². The van der Waals surface area contributed by atoms with Crippen LogP contribution in [0.2, 0.25) is 0 Å². The molecular formula is C15H19NO2. The van der Waals surface area contributed by atoms with Gasteiger partial charge in [-0.15, -0.1) is 0 Å². The van der Waals surface area contributed by atoms with Gasteiger partial charge in [-0.05, 0) is 19.4 Å². The summed E-state index contributed by atoms with van der Waals surface area (Å²) in [6, 6.07) is 8.44. The van der Waals surface area contributed by atoms with E-state index in [1.165, 1.54) is 11.1 Å². The van der Waals surface area contributed by atoms with E-state index in [1.807, 2.05) is 0 Å². The highest BCUT2D eigenvalue weighted by Crippen LogP contribution is 2.40. The Morgan fingerprint density at radius 1 is 1.28 bits per heavy atom. The summed E-state index contributed by atoms with van der Waals surface area (Å²) in [7, 11) is 0. The largest absolute Gasteiger partial charge is 0.509 e. The zero-order chi connectivity index (χ0) is 12.8. The molecule has 3 nitrogen and oxygen atoms in total. The molecule has 3 rings (SSSR count). The van der Waals surface area contributed by atoms with Gasteiger partial charge >= 0.3 is 0 Å². The van der Waals surface area contributed by atoms with E-state index in [-0.39, 0.29) is 5.41 Å². The first-order chi connectivity index (χ1) is 8.61. The Balaban J connectivity index is 2.01. The summed E-state index contributed by atoms with van der Waals surface area (Å²) in [6.45, 7) is 7.20. The molecule has 2 aliphatic rings. The molecule has 0 radical (unpaired) electrons. The molecule has 1 aromatic carbocycles. The highest BCUT2D eigenvalue weighted by Gasteiger charge is 2.43. The number of morpholine rings is 1. The fourth-order valence-electron chi connectivity index (χ4n) is 2.89. The third-order valence-electron chi connectivity index (χ3n) is 4.12. The fraction of sp³-hybridized carbons (Fsp3) is 0.467. The summed E-state index contributed by atoms with van der Waals surface area (Å²) in [6.07, 6.45) is 0. The highest BCUT2D eigenvalue weighted by atomic mass is 16.5. The lowest BCUT2D eigenvalue weighted by Crippen LogP contribution is -2.36. The van der Waals surface area contributed by atoms with Crippen LogP contribution in [0.5, 0.6) is 0 Å². The summed E-state index contributed by atoms with van der Waals surface area (Å²) in [5, 5.41) is 10.5. The standard InChI is InChI=1S/C15H19NO2/c1-11-3-5-12(6-4-11)15(2)10-16-7-8-18-9-13(16)14(15)17/h3-6,17H,7-10H2,1-2H3. The molecule has 2 heterocycles. The van der Waals surface area contributed by atoms with Crippen molar-refractivity contribution in [2.75, 3.05) is 26.3 Å². The Hall–Kier alpha value is -1.48. The van der Waals surface area contributed by atoms with E-state index in [9.17, 15) is 5.11 Å². The minimum Gasteiger partial charge on any atom is -0.509 e. The van der Waals surface area contributed by atoms with Crippen molar-refractivity contribution in [1.29, 1.82) is 0 Å². The summed E-state index contributed by atoms with van der Waals surface area (Å²) < 4.78 is 5.44. The first-order valence-electron chi connectivity index (χ1n) is 6.44. The number of hydrogen-bond donors (Lipinski definition) is 1. The van der Waals surface area contributed by atoms with E-state index in [0.717, 1.165) is 25.4 Å². The van der Waals surface area contributed by atoms with Gasteiger partial charge in [-0.1, -0.05) is 29.8 Å². The monoisotopic (exact) mass is 245 g/mol. The molecule has 18 heavy (non-hydrogen) atoms. The zero-order valence-corrected chi connectivity index (χ0v) is 10.9. The van der Waals surface area contributed by atoms with Gasteiger partial charge in [0, 0.05) is 13.1 Å². The highest BCUT2D eigenvalue weighted by molar-refractivity contribution is 5.40. The number of aliphatic hydroxyl groups is 1. The maximum Gasteiger partial charge on any atom is 0.126 e. The van der Waals surface area contributed by atoms with Gasteiger partial charge in [0.15, 0.2) is 0 Å². The topological polar surface area (TPSA) is 32.7 Å². The summed E-state index contributed by atoms with van der Waals surface area (Å²) in [4.78, 5) is 2.25. The van der Waals surface area contributed by atoms with E-state index in [0.29, 0.717) is 12.4 Å². The van der Waals surface area contributed by atoms with E-state index < -0.39 is 0 Å². The van der Waals surface area contributed by atoms with Crippen LogP contribution in [0.3, 0.4) is 0 Å². The van der Waals surface area contributed by atoms with Crippen LogP contribution in [0, 0.1) is 6.92 Å². The van der Waals surface area contributed by atoms with E-state index in [2.05, 4.69) is 43.0 Å². The first kappa shape index (κ1) is 11.6. The predicted octanol–water partition coefficient (Wildman–Crippen LogP) is 2.37. The van der Waals surface area contributed by atoms with E-state index >= 15 is 0 Å². The molecule has 1 fully saturated rings. The summed E-state index contributed by atoms with van der Waals surface area (Å²) in [5.74, 6) is 0.478. The smallest absolute Gasteiger partial charge is 0.126 e. The molecule has 0 amide bonds. The molecule has 1 unspecified atom stereocenters. The van der Waals surface area contributed by atoms with Gasteiger partial charge in [-0.25, -0.2) is 0 Å². The SMILES string of the molecule is Cc1ccc(C2(C)CN3CCOCC3=C2O)cc1. The van der Waals surface area contributed by atoms with Crippen LogP contribution in [0.25, 0.3) is 0 Å².